The van der Waals surface area contributed by atoms with Gasteiger partial charge < -0.3 is 10.4 Å². The zero-order valence-electron chi connectivity index (χ0n) is 9.35. The molecule has 3 N–H and O–H groups in total. The number of aromatic amines is 1. The lowest BCUT2D eigenvalue weighted by molar-refractivity contribution is 0.0713. The second-order valence-electron chi connectivity index (χ2n) is 4.24. The van der Waals surface area contributed by atoms with Crippen LogP contribution in [0.2, 0.25) is 0 Å². The second-order valence-corrected chi connectivity index (χ2v) is 4.24. The number of carbonyl (C=O) groups excluding carboxylic acids is 1. The first-order valence-corrected chi connectivity index (χ1v) is 5.71. The molecule has 1 aromatic heterocycles. The summed E-state index contributed by atoms with van der Waals surface area (Å²) < 4.78 is 0. The average molecular weight is 237 g/mol. The quantitative estimate of drug-likeness (QED) is 0.664. The van der Waals surface area contributed by atoms with Gasteiger partial charge in [-0.05, 0) is 18.9 Å². The Balaban J connectivity index is 2.01. The Hall–Kier alpha value is -1.69. The number of H-pyrrole nitrogens is 1. The van der Waals surface area contributed by atoms with E-state index < -0.39 is 6.10 Å². The lowest BCUT2D eigenvalue weighted by atomic mass is 9.92. The molecular formula is C11H15N3O3. The number of hydrogen-bond donors (Lipinski definition) is 3. The third-order valence-electron chi connectivity index (χ3n) is 2.96. The smallest absolute Gasteiger partial charge is 0.272 e. The molecule has 92 valence electrons. The predicted octanol–water partition coefficient (Wildman–Crippen LogP) is -0.197. The molecule has 0 aromatic carbocycles. The Labute approximate surface area is 98.1 Å². The predicted molar refractivity (Wildman–Crippen MR) is 60.6 cm³/mol. The molecule has 0 saturated heterocycles. The molecule has 1 heterocycles. The second kappa shape index (κ2) is 5.09. The van der Waals surface area contributed by atoms with Crippen LogP contribution in [0.5, 0.6) is 0 Å². The summed E-state index contributed by atoms with van der Waals surface area (Å²) in [5, 5.41) is 18.3. The normalized spacial score (nSPS) is 24.3. The Bertz CT molecular complexity index is 437. The van der Waals surface area contributed by atoms with Crippen LogP contribution in [0.3, 0.4) is 0 Å². The first-order valence-electron chi connectivity index (χ1n) is 5.71. The van der Waals surface area contributed by atoms with Crippen LogP contribution >= 0.6 is 0 Å². The lowest BCUT2D eigenvalue weighted by Crippen LogP contribution is -2.45. The van der Waals surface area contributed by atoms with Gasteiger partial charge in [0.25, 0.3) is 11.5 Å². The molecular weight excluding hydrogens is 222 g/mol. The summed E-state index contributed by atoms with van der Waals surface area (Å²) in [6, 6.07) is 2.40. The number of rotatable bonds is 2. The minimum Gasteiger partial charge on any atom is -0.391 e. The fourth-order valence-corrected chi connectivity index (χ4v) is 1.99. The molecule has 6 heteroatoms. The number of aromatic nitrogens is 2. The van der Waals surface area contributed by atoms with E-state index in [0.29, 0.717) is 6.42 Å². The zero-order chi connectivity index (χ0) is 12.3. The fourth-order valence-electron chi connectivity index (χ4n) is 1.99. The fraction of sp³-hybridized carbons (Fsp3) is 0.545. The van der Waals surface area contributed by atoms with Gasteiger partial charge in [0.05, 0.1) is 12.1 Å². The summed E-state index contributed by atoms with van der Waals surface area (Å²) in [4.78, 5) is 22.6. The molecule has 6 nitrogen and oxygen atoms in total. The Kier molecular flexibility index (Phi) is 3.53. The SMILES string of the molecule is O=C(N[C@H]1CCCC[C@@H]1O)c1ccc(=O)[nH]n1. The highest BCUT2D eigenvalue weighted by molar-refractivity contribution is 5.92. The molecule has 1 amide bonds. The largest absolute Gasteiger partial charge is 0.391 e. The van der Waals surface area contributed by atoms with Crippen LogP contribution in [0.1, 0.15) is 36.2 Å². The molecule has 0 spiro atoms. The van der Waals surface area contributed by atoms with Crippen molar-refractivity contribution in [2.75, 3.05) is 0 Å². The molecule has 0 aliphatic heterocycles. The summed E-state index contributed by atoms with van der Waals surface area (Å²) in [5.41, 5.74) is -0.193. The van der Waals surface area contributed by atoms with Crippen molar-refractivity contribution >= 4 is 5.91 Å². The van der Waals surface area contributed by atoms with Crippen molar-refractivity contribution in [1.82, 2.24) is 15.5 Å². The maximum Gasteiger partial charge on any atom is 0.272 e. The highest BCUT2D eigenvalue weighted by atomic mass is 16.3. The maximum atomic E-state index is 11.8. The molecule has 1 aromatic rings. The van der Waals surface area contributed by atoms with Gasteiger partial charge >= 0.3 is 0 Å². The van der Waals surface area contributed by atoms with Crippen LogP contribution in [0, 0.1) is 0 Å². The van der Waals surface area contributed by atoms with Crippen LogP contribution in [-0.4, -0.2) is 33.4 Å². The van der Waals surface area contributed by atoms with E-state index in [0.717, 1.165) is 19.3 Å². The van der Waals surface area contributed by atoms with Gasteiger partial charge in [-0.3, -0.25) is 9.59 Å². The Morgan fingerprint density at radius 1 is 1.41 bits per heavy atom. The number of nitrogens with zero attached hydrogens (tertiary/aromatic N) is 1. The van der Waals surface area contributed by atoms with Gasteiger partial charge in [0.1, 0.15) is 5.69 Å². The van der Waals surface area contributed by atoms with E-state index in [9.17, 15) is 14.7 Å². The summed E-state index contributed by atoms with van der Waals surface area (Å²) in [7, 11) is 0. The molecule has 1 saturated carbocycles. The van der Waals surface area contributed by atoms with Gasteiger partial charge in [-0.15, -0.1) is 0 Å². The van der Waals surface area contributed by atoms with E-state index in [1.807, 2.05) is 0 Å². The number of amides is 1. The highest BCUT2D eigenvalue weighted by Crippen LogP contribution is 2.18. The third-order valence-corrected chi connectivity index (χ3v) is 2.96. The van der Waals surface area contributed by atoms with Crippen molar-refractivity contribution in [2.24, 2.45) is 0 Å². The number of aliphatic hydroxyl groups is 1. The minimum atomic E-state index is -0.490. The molecule has 1 fully saturated rings. The first-order chi connectivity index (χ1) is 8.16. The van der Waals surface area contributed by atoms with Gasteiger partial charge in [-0.2, -0.15) is 5.10 Å². The van der Waals surface area contributed by atoms with Crippen molar-refractivity contribution in [2.45, 2.75) is 37.8 Å². The topological polar surface area (TPSA) is 95.1 Å². The minimum absolute atomic E-state index is 0.155. The van der Waals surface area contributed by atoms with Crippen molar-refractivity contribution in [3.8, 4) is 0 Å². The Morgan fingerprint density at radius 2 is 2.18 bits per heavy atom. The van der Waals surface area contributed by atoms with Gasteiger partial charge in [0.15, 0.2) is 0 Å². The number of nitrogens with one attached hydrogen (secondary N) is 2. The molecule has 2 rings (SSSR count). The summed E-state index contributed by atoms with van der Waals surface area (Å²) in [6.45, 7) is 0. The number of carbonyl (C=O) groups is 1. The van der Waals surface area contributed by atoms with Crippen molar-refractivity contribution in [1.29, 1.82) is 0 Å². The molecule has 17 heavy (non-hydrogen) atoms. The molecule has 2 atom stereocenters. The summed E-state index contributed by atoms with van der Waals surface area (Å²) in [6.07, 6.45) is 2.99. The van der Waals surface area contributed by atoms with E-state index in [2.05, 4.69) is 15.5 Å². The van der Waals surface area contributed by atoms with Crippen LogP contribution in [-0.2, 0) is 0 Å². The Morgan fingerprint density at radius 3 is 2.82 bits per heavy atom. The lowest BCUT2D eigenvalue weighted by Gasteiger charge is -2.28. The average Bonchev–Trinajstić information content (AvgIpc) is 2.33. The van der Waals surface area contributed by atoms with Crippen molar-refractivity contribution < 1.29 is 9.90 Å². The molecule has 0 unspecified atom stereocenters. The third kappa shape index (κ3) is 2.91. The van der Waals surface area contributed by atoms with E-state index in [-0.39, 0.29) is 23.2 Å². The van der Waals surface area contributed by atoms with Crippen LogP contribution in [0.15, 0.2) is 16.9 Å². The van der Waals surface area contributed by atoms with E-state index >= 15 is 0 Å². The van der Waals surface area contributed by atoms with Gasteiger partial charge in [0, 0.05) is 6.07 Å². The summed E-state index contributed by atoms with van der Waals surface area (Å²) >= 11 is 0. The van der Waals surface area contributed by atoms with E-state index in [1.165, 1.54) is 12.1 Å². The van der Waals surface area contributed by atoms with Gasteiger partial charge in [-0.1, -0.05) is 12.8 Å². The molecule has 1 aliphatic carbocycles. The summed E-state index contributed by atoms with van der Waals surface area (Å²) in [5.74, 6) is -0.368. The van der Waals surface area contributed by atoms with Crippen molar-refractivity contribution in [3.05, 3.63) is 28.2 Å². The van der Waals surface area contributed by atoms with Crippen LogP contribution in [0.25, 0.3) is 0 Å². The maximum absolute atomic E-state index is 11.8. The molecule has 0 bridgehead atoms. The van der Waals surface area contributed by atoms with Gasteiger partial charge in [-0.25, -0.2) is 5.10 Å². The van der Waals surface area contributed by atoms with E-state index in [1.54, 1.807) is 0 Å². The standard InChI is InChI=1S/C11H15N3O3/c15-9-4-2-1-3-7(9)12-11(17)8-5-6-10(16)14-13-8/h5-7,9,15H,1-4H2,(H,12,17)(H,14,16)/t7-,9-/m0/s1. The molecule has 1 aliphatic rings. The molecule has 0 radical (unpaired) electrons. The van der Waals surface area contributed by atoms with Crippen LogP contribution in [0.4, 0.5) is 0 Å². The van der Waals surface area contributed by atoms with Gasteiger partial charge in [0.2, 0.25) is 0 Å². The van der Waals surface area contributed by atoms with Crippen LogP contribution < -0.4 is 10.9 Å². The first kappa shape index (κ1) is 11.8. The highest BCUT2D eigenvalue weighted by Gasteiger charge is 2.25. The van der Waals surface area contributed by atoms with E-state index in [4.69, 9.17) is 0 Å². The zero-order valence-corrected chi connectivity index (χ0v) is 9.35. The number of hydrogen-bond acceptors (Lipinski definition) is 4. The monoisotopic (exact) mass is 237 g/mol. The number of aliphatic hydroxyl groups excluding tert-OH is 1. The van der Waals surface area contributed by atoms with Crippen molar-refractivity contribution in [3.63, 3.8) is 0 Å².